The Morgan fingerprint density at radius 1 is 1.04 bits per heavy atom. The van der Waals surface area contributed by atoms with E-state index < -0.39 is 5.82 Å². The SMILES string of the molecule is O=C(Nc1ccccc1F)c1cccnc1N1CCCCCC1. The van der Waals surface area contributed by atoms with Gasteiger partial charge in [-0.3, -0.25) is 4.79 Å². The highest BCUT2D eigenvalue weighted by molar-refractivity contribution is 6.07. The molecule has 0 unspecified atom stereocenters. The molecule has 23 heavy (non-hydrogen) atoms. The number of nitrogens with zero attached hydrogens (tertiary/aromatic N) is 2. The van der Waals surface area contributed by atoms with E-state index in [9.17, 15) is 9.18 Å². The number of nitrogens with one attached hydrogen (secondary N) is 1. The van der Waals surface area contributed by atoms with E-state index in [1.807, 2.05) is 0 Å². The van der Waals surface area contributed by atoms with Gasteiger partial charge in [0.25, 0.3) is 5.91 Å². The number of carbonyl (C=O) groups excluding carboxylic acids is 1. The molecule has 0 radical (unpaired) electrons. The first kappa shape index (κ1) is 15.5. The smallest absolute Gasteiger partial charge is 0.259 e. The van der Waals surface area contributed by atoms with Gasteiger partial charge in [0.2, 0.25) is 0 Å². The van der Waals surface area contributed by atoms with Crippen LogP contribution in [0.1, 0.15) is 36.0 Å². The lowest BCUT2D eigenvalue weighted by Gasteiger charge is -2.23. The summed E-state index contributed by atoms with van der Waals surface area (Å²) in [5, 5.41) is 2.64. The minimum Gasteiger partial charge on any atom is -0.356 e. The Morgan fingerprint density at radius 3 is 2.52 bits per heavy atom. The second kappa shape index (κ2) is 7.22. The summed E-state index contributed by atoms with van der Waals surface area (Å²) in [7, 11) is 0. The highest BCUT2D eigenvalue weighted by Gasteiger charge is 2.19. The molecule has 1 aliphatic heterocycles. The maximum Gasteiger partial charge on any atom is 0.259 e. The molecule has 0 saturated carbocycles. The summed E-state index contributed by atoms with van der Waals surface area (Å²) in [6.07, 6.45) is 6.32. The number of carbonyl (C=O) groups is 1. The first-order chi connectivity index (χ1) is 11.3. The summed E-state index contributed by atoms with van der Waals surface area (Å²) in [4.78, 5) is 19.1. The van der Waals surface area contributed by atoms with Crippen molar-refractivity contribution in [1.29, 1.82) is 0 Å². The molecule has 120 valence electrons. The first-order valence-electron chi connectivity index (χ1n) is 8.01. The van der Waals surface area contributed by atoms with E-state index >= 15 is 0 Å². The molecule has 1 N–H and O–H groups in total. The number of pyridine rings is 1. The van der Waals surface area contributed by atoms with Gasteiger partial charge in [-0.25, -0.2) is 9.37 Å². The minimum atomic E-state index is -0.443. The standard InChI is InChI=1S/C18H20FN3O/c19-15-9-3-4-10-16(15)21-18(23)14-8-7-11-20-17(14)22-12-5-1-2-6-13-22/h3-4,7-11H,1-2,5-6,12-13H2,(H,21,23). The lowest BCUT2D eigenvalue weighted by Crippen LogP contribution is -2.28. The normalized spacial score (nSPS) is 15.1. The maximum absolute atomic E-state index is 13.7. The summed E-state index contributed by atoms with van der Waals surface area (Å²) in [6, 6.07) is 9.64. The van der Waals surface area contributed by atoms with Crippen LogP contribution < -0.4 is 10.2 Å². The van der Waals surface area contributed by atoms with Crippen LogP contribution in [-0.4, -0.2) is 24.0 Å². The van der Waals surface area contributed by atoms with E-state index in [4.69, 9.17) is 0 Å². The molecule has 1 amide bonds. The molecule has 0 bridgehead atoms. The van der Waals surface area contributed by atoms with Crippen molar-refractivity contribution < 1.29 is 9.18 Å². The summed E-state index contributed by atoms with van der Waals surface area (Å²) in [6.45, 7) is 1.80. The van der Waals surface area contributed by atoms with Crippen LogP contribution in [0.2, 0.25) is 0 Å². The van der Waals surface area contributed by atoms with Crippen molar-refractivity contribution in [1.82, 2.24) is 4.98 Å². The Labute approximate surface area is 135 Å². The topological polar surface area (TPSA) is 45.2 Å². The summed E-state index contributed by atoms with van der Waals surface area (Å²) < 4.78 is 13.7. The second-order valence-corrected chi connectivity index (χ2v) is 5.71. The van der Waals surface area contributed by atoms with Gasteiger partial charge in [0, 0.05) is 19.3 Å². The van der Waals surface area contributed by atoms with Crippen molar-refractivity contribution in [3.63, 3.8) is 0 Å². The number of rotatable bonds is 3. The third kappa shape index (κ3) is 3.67. The quantitative estimate of drug-likeness (QED) is 0.936. The summed E-state index contributed by atoms with van der Waals surface area (Å²) >= 11 is 0. The molecule has 4 nitrogen and oxygen atoms in total. The Kier molecular flexibility index (Phi) is 4.86. The van der Waals surface area contributed by atoms with Crippen molar-refractivity contribution in [2.75, 3.05) is 23.3 Å². The fourth-order valence-electron chi connectivity index (χ4n) is 2.86. The van der Waals surface area contributed by atoms with Gasteiger partial charge in [0.05, 0.1) is 11.3 Å². The molecule has 5 heteroatoms. The first-order valence-corrected chi connectivity index (χ1v) is 8.01. The van der Waals surface area contributed by atoms with Gasteiger partial charge in [0.15, 0.2) is 0 Å². The maximum atomic E-state index is 13.7. The molecule has 1 aliphatic rings. The third-order valence-corrected chi connectivity index (χ3v) is 4.06. The molecular formula is C18H20FN3O. The number of amides is 1. The molecule has 1 fully saturated rings. The molecule has 0 aliphatic carbocycles. The molecule has 2 aromatic rings. The molecule has 1 aromatic heterocycles. The van der Waals surface area contributed by atoms with Crippen molar-refractivity contribution in [3.05, 3.63) is 54.0 Å². The van der Waals surface area contributed by atoms with Crippen LogP contribution in [0.4, 0.5) is 15.9 Å². The molecule has 1 aromatic carbocycles. The lowest BCUT2D eigenvalue weighted by atomic mass is 10.2. The Hall–Kier alpha value is -2.43. The number of benzene rings is 1. The fraction of sp³-hybridized carbons (Fsp3) is 0.333. The monoisotopic (exact) mass is 313 g/mol. The average Bonchev–Trinajstić information content (AvgIpc) is 2.86. The van der Waals surface area contributed by atoms with Gasteiger partial charge in [-0.05, 0) is 37.1 Å². The minimum absolute atomic E-state index is 0.183. The zero-order chi connectivity index (χ0) is 16.1. The van der Waals surface area contributed by atoms with E-state index in [0.29, 0.717) is 11.4 Å². The summed E-state index contributed by atoms with van der Waals surface area (Å²) in [5.41, 5.74) is 0.667. The average molecular weight is 313 g/mol. The number of halogens is 1. The highest BCUT2D eigenvalue weighted by atomic mass is 19.1. The zero-order valence-corrected chi connectivity index (χ0v) is 13.0. The number of hydrogen-bond acceptors (Lipinski definition) is 3. The molecule has 1 saturated heterocycles. The number of para-hydroxylation sites is 1. The van der Waals surface area contributed by atoms with Crippen LogP contribution in [0, 0.1) is 5.82 Å². The van der Waals surface area contributed by atoms with Gasteiger partial charge in [-0.2, -0.15) is 0 Å². The predicted octanol–water partition coefficient (Wildman–Crippen LogP) is 3.85. The van der Waals surface area contributed by atoms with E-state index in [1.165, 1.54) is 18.9 Å². The van der Waals surface area contributed by atoms with Crippen LogP contribution in [0.5, 0.6) is 0 Å². The van der Waals surface area contributed by atoms with Gasteiger partial charge in [0.1, 0.15) is 11.6 Å². The summed E-state index contributed by atoms with van der Waals surface area (Å²) in [5.74, 6) is -0.0910. The molecule has 2 heterocycles. The number of aromatic nitrogens is 1. The molecule has 0 spiro atoms. The predicted molar refractivity (Wildman–Crippen MR) is 89.3 cm³/mol. The molecule has 3 rings (SSSR count). The van der Waals surface area contributed by atoms with Gasteiger partial charge >= 0.3 is 0 Å². The Balaban J connectivity index is 1.84. The van der Waals surface area contributed by atoms with Crippen molar-refractivity contribution in [2.45, 2.75) is 25.7 Å². The van der Waals surface area contributed by atoms with Crippen LogP contribution in [-0.2, 0) is 0 Å². The van der Waals surface area contributed by atoms with E-state index in [-0.39, 0.29) is 11.6 Å². The number of hydrogen-bond donors (Lipinski definition) is 1. The van der Waals surface area contributed by atoms with Gasteiger partial charge in [-0.1, -0.05) is 25.0 Å². The van der Waals surface area contributed by atoms with E-state index in [1.54, 1.807) is 36.5 Å². The van der Waals surface area contributed by atoms with Gasteiger partial charge in [-0.15, -0.1) is 0 Å². The van der Waals surface area contributed by atoms with Crippen LogP contribution in [0.3, 0.4) is 0 Å². The molecule has 0 atom stereocenters. The highest BCUT2D eigenvalue weighted by Crippen LogP contribution is 2.23. The fourth-order valence-corrected chi connectivity index (χ4v) is 2.86. The van der Waals surface area contributed by atoms with Crippen LogP contribution in [0.15, 0.2) is 42.6 Å². The van der Waals surface area contributed by atoms with Crippen LogP contribution >= 0.6 is 0 Å². The third-order valence-electron chi connectivity index (χ3n) is 4.06. The van der Waals surface area contributed by atoms with Crippen LogP contribution in [0.25, 0.3) is 0 Å². The van der Waals surface area contributed by atoms with Gasteiger partial charge < -0.3 is 10.2 Å². The van der Waals surface area contributed by atoms with Crippen molar-refractivity contribution in [3.8, 4) is 0 Å². The van der Waals surface area contributed by atoms with E-state index in [0.717, 1.165) is 25.9 Å². The van der Waals surface area contributed by atoms with Crippen molar-refractivity contribution in [2.24, 2.45) is 0 Å². The Morgan fingerprint density at radius 2 is 1.78 bits per heavy atom. The van der Waals surface area contributed by atoms with E-state index in [2.05, 4.69) is 15.2 Å². The second-order valence-electron chi connectivity index (χ2n) is 5.71. The molecular weight excluding hydrogens is 293 g/mol. The zero-order valence-electron chi connectivity index (χ0n) is 13.0. The van der Waals surface area contributed by atoms with Crippen molar-refractivity contribution >= 4 is 17.4 Å². The number of anilines is 2. The largest absolute Gasteiger partial charge is 0.356 e. The lowest BCUT2D eigenvalue weighted by molar-refractivity contribution is 0.102. The Bertz CT molecular complexity index is 681.